The van der Waals surface area contributed by atoms with Gasteiger partial charge in [-0.25, -0.2) is 14.4 Å². The summed E-state index contributed by atoms with van der Waals surface area (Å²) in [5.74, 6) is 0.575. The lowest BCUT2D eigenvalue weighted by atomic mass is 9.84. The number of amides is 1. The van der Waals surface area contributed by atoms with Crippen molar-refractivity contribution in [1.29, 1.82) is 0 Å². The third-order valence-electron chi connectivity index (χ3n) is 6.20. The summed E-state index contributed by atoms with van der Waals surface area (Å²) in [6.07, 6.45) is 2.08. The average molecular weight is 475 g/mol. The van der Waals surface area contributed by atoms with Crippen LogP contribution in [0.1, 0.15) is 43.6 Å². The lowest BCUT2D eigenvalue weighted by Gasteiger charge is -2.22. The molecule has 35 heavy (non-hydrogen) atoms. The number of pyridine rings is 1. The Hall–Kier alpha value is -3.74. The largest absolute Gasteiger partial charge is 0.493 e. The molecule has 4 rings (SSSR count). The number of nitrogens with zero attached hydrogens (tertiary/aromatic N) is 3. The summed E-state index contributed by atoms with van der Waals surface area (Å²) < 4.78 is 21.3. The molecule has 2 aromatic carbocycles. The number of primary amides is 1. The van der Waals surface area contributed by atoms with E-state index in [9.17, 15) is 9.18 Å². The van der Waals surface area contributed by atoms with Gasteiger partial charge in [-0.05, 0) is 59.4 Å². The van der Waals surface area contributed by atoms with Crippen LogP contribution in [0.5, 0.6) is 5.75 Å². The van der Waals surface area contributed by atoms with Crippen LogP contribution in [0.4, 0.5) is 4.39 Å². The van der Waals surface area contributed by atoms with Crippen molar-refractivity contribution in [3.8, 4) is 5.75 Å². The van der Waals surface area contributed by atoms with E-state index in [0.29, 0.717) is 25.5 Å². The van der Waals surface area contributed by atoms with Gasteiger partial charge in [-0.1, -0.05) is 45.0 Å². The number of carbonyl (C=O) groups is 1. The van der Waals surface area contributed by atoms with Crippen molar-refractivity contribution < 1.29 is 13.9 Å². The molecular weight excluding hydrogens is 443 g/mol. The zero-order chi connectivity index (χ0) is 24.9. The van der Waals surface area contributed by atoms with Crippen LogP contribution in [-0.2, 0) is 17.8 Å². The number of fused-ring (bicyclic) bond motifs is 1. The first-order valence-corrected chi connectivity index (χ1v) is 11.9. The summed E-state index contributed by atoms with van der Waals surface area (Å²) in [5, 5.41) is 0. The normalized spacial score (nSPS) is 13.2. The lowest BCUT2D eigenvalue weighted by Crippen LogP contribution is -2.30. The van der Waals surface area contributed by atoms with Gasteiger partial charge < -0.3 is 15.0 Å². The van der Waals surface area contributed by atoms with Gasteiger partial charge >= 0.3 is 0 Å². The van der Waals surface area contributed by atoms with Gasteiger partial charge in [-0.15, -0.1) is 0 Å². The van der Waals surface area contributed by atoms with Gasteiger partial charge in [0.15, 0.2) is 5.65 Å². The molecule has 0 radical (unpaired) electrons. The van der Waals surface area contributed by atoms with Crippen LogP contribution in [0.25, 0.3) is 11.2 Å². The van der Waals surface area contributed by atoms with Gasteiger partial charge in [0, 0.05) is 12.6 Å². The molecule has 6 nitrogen and oxygen atoms in total. The first kappa shape index (κ1) is 24.4. The summed E-state index contributed by atoms with van der Waals surface area (Å²) in [5.41, 5.74) is 9.27. The van der Waals surface area contributed by atoms with Gasteiger partial charge in [0.1, 0.15) is 22.9 Å². The zero-order valence-corrected chi connectivity index (χ0v) is 20.3. The number of carbonyl (C=O) groups excluding carboxylic acids is 1. The molecule has 2 N–H and O–H groups in total. The third kappa shape index (κ3) is 5.85. The van der Waals surface area contributed by atoms with E-state index in [1.807, 2.05) is 47.9 Å². The third-order valence-corrected chi connectivity index (χ3v) is 6.20. The minimum atomic E-state index is -0.511. The Bertz CT molecular complexity index is 1280. The fraction of sp³-hybridized carbons (Fsp3) is 0.321. The van der Waals surface area contributed by atoms with Crippen LogP contribution >= 0.6 is 0 Å². The topological polar surface area (TPSA) is 83.0 Å². The highest BCUT2D eigenvalue weighted by molar-refractivity contribution is 5.78. The van der Waals surface area contributed by atoms with E-state index in [0.717, 1.165) is 33.9 Å². The van der Waals surface area contributed by atoms with Crippen molar-refractivity contribution in [3.05, 3.63) is 89.6 Å². The summed E-state index contributed by atoms with van der Waals surface area (Å²) in [6.45, 7) is 7.38. The maximum atomic E-state index is 13.4. The summed E-state index contributed by atoms with van der Waals surface area (Å²) >= 11 is 0. The Morgan fingerprint density at radius 1 is 1.06 bits per heavy atom. The summed E-state index contributed by atoms with van der Waals surface area (Å²) in [6, 6.07) is 17.9. The smallest absolute Gasteiger partial charge is 0.221 e. The molecular formula is C28H31FN4O2. The van der Waals surface area contributed by atoms with Crippen LogP contribution in [0, 0.1) is 17.7 Å². The second-order valence-electron chi connectivity index (χ2n) is 9.36. The predicted molar refractivity (Wildman–Crippen MR) is 135 cm³/mol. The Morgan fingerprint density at radius 3 is 2.43 bits per heavy atom. The fourth-order valence-corrected chi connectivity index (χ4v) is 4.18. The molecule has 1 amide bonds. The number of rotatable bonds is 10. The second kappa shape index (κ2) is 10.7. The number of hydrogen-bond acceptors (Lipinski definition) is 4. The number of halogens is 1. The second-order valence-corrected chi connectivity index (χ2v) is 9.36. The van der Waals surface area contributed by atoms with E-state index in [1.54, 1.807) is 18.3 Å². The van der Waals surface area contributed by atoms with Crippen LogP contribution in [0.15, 0.2) is 66.9 Å². The highest BCUT2D eigenvalue weighted by Crippen LogP contribution is 2.29. The van der Waals surface area contributed by atoms with E-state index >= 15 is 0 Å². The monoisotopic (exact) mass is 474 g/mol. The number of aromatic nitrogens is 3. The molecule has 0 spiro atoms. The number of hydrogen-bond donors (Lipinski definition) is 1. The van der Waals surface area contributed by atoms with Gasteiger partial charge in [-0.2, -0.15) is 0 Å². The van der Waals surface area contributed by atoms with Gasteiger partial charge in [-0.3, -0.25) is 4.79 Å². The molecule has 182 valence electrons. The highest BCUT2D eigenvalue weighted by atomic mass is 19.1. The standard InChI is InChI=1S/C28H31FN4O2/c1-18(2)17-35-23-12-6-20(7-13-23)16-33-26(32-25-5-4-14-31-28(25)33)15-24(27(30)34)19(3)21-8-10-22(29)11-9-21/h4-14,18-19,24H,15-17H2,1-3H3,(H2,30,34)/t19-,24?/m1/s1. The lowest BCUT2D eigenvalue weighted by molar-refractivity contribution is -0.122. The van der Waals surface area contributed by atoms with Gasteiger partial charge in [0.05, 0.1) is 19.1 Å². The van der Waals surface area contributed by atoms with Crippen LogP contribution in [-0.4, -0.2) is 27.0 Å². The predicted octanol–water partition coefficient (Wildman–Crippen LogP) is 5.10. The summed E-state index contributed by atoms with van der Waals surface area (Å²) in [4.78, 5) is 21.8. The van der Waals surface area contributed by atoms with Crippen molar-refractivity contribution in [2.24, 2.45) is 17.6 Å². The summed E-state index contributed by atoms with van der Waals surface area (Å²) in [7, 11) is 0. The molecule has 7 heteroatoms. The number of nitrogens with two attached hydrogens (primary N) is 1. The first-order chi connectivity index (χ1) is 16.8. The van der Waals surface area contributed by atoms with Crippen LogP contribution < -0.4 is 10.5 Å². The quantitative estimate of drug-likeness (QED) is 0.347. The number of benzene rings is 2. The fourth-order valence-electron chi connectivity index (χ4n) is 4.18. The molecule has 2 aromatic heterocycles. The van der Waals surface area contributed by atoms with Crippen molar-refractivity contribution in [2.45, 2.75) is 39.7 Å². The van der Waals surface area contributed by atoms with E-state index < -0.39 is 11.8 Å². The number of ether oxygens (including phenoxy) is 1. The molecule has 1 unspecified atom stereocenters. The Labute approximate surface area is 205 Å². The van der Waals surface area contributed by atoms with E-state index in [-0.39, 0.29) is 11.7 Å². The average Bonchev–Trinajstić information content (AvgIpc) is 3.19. The van der Waals surface area contributed by atoms with Gasteiger partial charge in [0.2, 0.25) is 5.91 Å². The minimum absolute atomic E-state index is 0.202. The maximum absolute atomic E-state index is 13.4. The first-order valence-electron chi connectivity index (χ1n) is 11.9. The molecule has 0 fully saturated rings. The van der Waals surface area contributed by atoms with E-state index in [1.165, 1.54) is 12.1 Å². The van der Waals surface area contributed by atoms with E-state index in [4.69, 9.17) is 15.5 Å². The molecule has 0 saturated heterocycles. The Kier molecular flexibility index (Phi) is 7.44. The Morgan fingerprint density at radius 2 is 1.77 bits per heavy atom. The molecule has 0 saturated carbocycles. The number of imidazole rings is 1. The molecule has 0 aliphatic heterocycles. The molecule has 0 bridgehead atoms. The molecule has 2 atom stereocenters. The SMILES string of the molecule is CC(C)COc1ccc(Cn2c(CC(C(N)=O)[C@H](C)c3ccc(F)cc3)nc3cccnc32)cc1. The maximum Gasteiger partial charge on any atom is 0.221 e. The van der Waals surface area contributed by atoms with E-state index in [2.05, 4.69) is 18.8 Å². The van der Waals surface area contributed by atoms with Crippen LogP contribution in [0.3, 0.4) is 0 Å². The zero-order valence-electron chi connectivity index (χ0n) is 20.3. The van der Waals surface area contributed by atoms with Crippen molar-refractivity contribution in [2.75, 3.05) is 6.61 Å². The van der Waals surface area contributed by atoms with Crippen molar-refractivity contribution >= 4 is 17.1 Å². The minimum Gasteiger partial charge on any atom is -0.493 e. The highest BCUT2D eigenvalue weighted by Gasteiger charge is 2.27. The van der Waals surface area contributed by atoms with Crippen LogP contribution in [0.2, 0.25) is 0 Å². The van der Waals surface area contributed by atoms with Gasteiger partial charge in [0.25, 0.3) is 0 Å². The molecule has 0 aliphatic carbocycles. The molecule has 4 aromatic rings. The van der Waals surface area contributed by atoms with Crippen molar-refractivity contribution in [3.63, 3.8) is 0 Å². The Balaban J connectivity index is 1.62. The molecule has 2 heterocycles. The molecule has 0 aliphatic rings. The van der Waals surface area contributed by atoms with Crippen molar-refractivity contribution in [1.82, 2.24) is 14.5 Å².